The first-order chi connectivity index (χ1) is 12.2. The monoisotopic (exact) mass is 334 g/mol. The molecule has 0 bridgehead atoms. The fourth-order valence-electron chi connectivity index (χ4n) is 3.19. The Morgan fingerprint density at radius 1 is 0.760 bits per heavy atom. The summed E-state index contributed by atoms with van der Waals surface area (Å²) in [6, 6.07) is 14.3. The van der Waals surface area contributed by atoms with Gasteiger partial charge in [-0.3, -0.25) is 0 Å². The normalized spacial score (nSPS) is 13.3. The van der Waals surface area contributed by atoms with Crippen molar-refractivity contribution in [2.45, 2.75) is 12.8 Å². The van der Waals surface area contributed by atoms with Gasteiger partial charge in [-0.15, -0.1) is 0 Å². The zero-order valence-electron chi connectivity index (χ0n) is 14.0. The summed E-state index contributed by atoms with van der Waals surface area (Å²) in [5, 5.41) is 28.6. The molecule has 0 aliphatic heterocycles. The van der Waals surface area contributed by atoms with Crippen LogP contribution in [0.4, 0.5) is 0 Å². The van der Waals surface area contributed by atoms with E-state index in [1.165, 1.54) is 5.57 Å². The van der Waals surface area contributed by atoms with Crippen LogP contribution in [0.25, 0.3) is 5.57 Å². The summed E-state index contributed by atoms with van der Waals surface area (Å²) in [4.78, 5) is 0. The van der Waals surface area contributed by atoms with Crippen molar-refractivity contribution in [3.63, 3.8) is 0 Å². The fraction of sp³-hybridized carbons (Fsp3) is 0.182. The van der Waals surface area contributed by atoms with Gasteiger partial charge in [0, 0.05) is 12.5 Å². The van der Waals surface area contributed by atoms with Crippen molar-refractivity contribution in [3.8, 4) is 11.5 Å². The smallest absolute Gasteiger partial charge is 0.115 e. The molecule has 0 unspecified atom stereocenters. The van der Waals surface area contributed by atoms with E-state index in [4.69, 9.17) is 0 Å². The van der Waals surface area contributed by atoms with Crippen molar-refractivity contribution in [3.05, 3.63) is 89.5 Å². The standard InChI is InChI=1S/C22H22O3/c23-15-3-6-21(16-4-1-2-5-16)22(17-7-11-19(24)12-8-17)18-9-13-20(25)14-10-18/h1-2,4-5,7-14,16,23-25H,3,6,15H2. The minimum Gasteiger partial charge on any atom is -0.508 e. The van der Waals surface area contributed by atoms with Crippen molar-refractivity contribution in [2.24, 2.45) is 5.92 Å². The third kappa shape index (κ3) is 4.01. The van der Waals surface area contributed by atoms with Crippen LogP contribution in [0, 0.1) is 5.92 Å². The molecule has 0 saturated carbocycles. The second-order valence-corrected chi connectivity index (χ2v) is 6.12. The molecule has 3 rings (SSSR count). The van der Waals surface area contributed by atoms with E-state index in [2.05, 4.69) is 12.2 Å². The molecule has 3 heteroatoms. The number of hydrogen-bond donors (Lipinski definition) is 3. The van der Waals surface area contributed by atoms with E-state index in [-0.39, 0.29) is 24.0 Å². The Labute approximate surface area is 147 Å². The Balaban J connectivity index is 2.18. The van der Waals surface area contributed by atoms with Crippen molar-refractivity contribution in [1.82, 2.24) is 0 Å². The maximum atomic E-state index is 9.63. The topological polar surface area (TPSA) is 60.7 Å². The van der Waals surface area contributed by atoms with Gasteiger partial charge in [0.05, 0.1) is 0 Å². The van der Waals surface area contributed by atoms with E-state index < -0.39 is 0 Å². The average Bonchev–Trinajstić information content (AvgIpc) is 3.15. The predicted molar refractivity (Wildman–Crippen MR) is 100 cm³/mol. The molecule has 0 spiro atoms. The zero-order valence-corrected chi connectivity index (χ0v) is 14.0. The maximum Gasteiger partial charge on any atom is 0.115 e. The molecule has 2 aromatic carbocycles. The molecule has 25 heavy (non-hydrogen) atoms. The number of phenolic OH excluding ortho intramolecular Hbond substituents is 2. The van der Waals surface area contributed by atoms with Gasteiger partial charge in [0.1, 0.15) is 11.5 Å². The third-order valence-corrected chi connectivity index (χ3v) is 4.39. The summed E-state index contributed by atoms with van der Waals surface area (Å²) in [6.07, 6.45) is 9.82. The largest absolute Gasteiger partial charge is 0.508 e. The molecule has 0 amide bonds. The van der Waals surface area contributed by atoms with Crippen LogP contribution >= 0.6 is 0 Å². The molecule has 128 valence electrons. The highest BCUT2D eigenvalue weighted by Gasteiger charge is 2.18. The number of allylic oxidation sites excluding steroid dienone is 5. The molecular formula is C22H22O3. The van der Waals surface area contributed by atoms with Crippen molar-refractivity contribution in [2.75, 3.05) is 6.61 Å². The van der Waals surface area contributed by atoms with Gasteiger partial charge in [0.15, 0.2) is 0 Å². The second-order valence-electron chi connectivity index (χ2n) is 6.12. The van der Waals surface area contributed by atoms with Gasteiger partial charge in [-0.1, -0.05) is 54.1 Å². The van der Waals surface area contributed by atoms with Gasteiger partial charge >= 0.3 is 0 Å². The molecule has 0 radical (unpaired) electrons. The Morgan fingerprint density at radius 3 is 1.68 bits per heavy atom. The summed E-state index contributed by atoms with van der Waals surface area (Å²) in [7, 11) is 0. The number of rotatable bonds is 6. The van der Waals surface area contributed by atoms with Gasteiger partial charge < -0.3 is 15.3 Å². The van der Waals surface area contributed by atoms with Gasteiger partial charge in [0.2, 0.25) is 0 Å². The highest BCUT2D eigenvalue weighted by molar-refractivity contribution is 5.83. The second kappa shape index (κ2) is 7.86. The van der Waals surface area contributed by atoms with Gasteiger partial charge in [-0.2, -0.15) is 0 Å². The van der Waals surface area contributed by atoms with Crippen LogP contribution in [0.1, 0.15) is 24.0 Å². The highest BCUT2D eigenvalue weighted by atomic mass is 16.3. The summed E-state index contributed by atoms with van der Waals surface area (Å²) in [6.45, 7) is 0.141. The van der Waals surface area contributed by atoms with Crippen LogP contribution in [0.3, 0.4) is 0 Å². The van der Waals surface area contributed by atoms with Crippen LogP contribution in [0.2, 0.25) is 0 Å². The minimum atomic E-state index is 0.141. The molecule has 1 aliphatic rings. The van der Waals surface area contributed by atoms with Gasteiger partial charge in [0.25, 0.3) is 0 Å². The van der Waals surface area contributed by atoms with Crippen LogP contribution in [0.15, 0.2) is 78.4 Å². The summed E-state index contributed by atoms with van der Waals surface area (Å²) in [5.74, 6) is 0.641. The number of aliphatic hydroxyl groups excluding tert-OH is 1. The van der Waals surface area contributed by atoms with Crippen molar-refractivity contribution in [1.29, 1.82) is 0 Å². The highest BCUT2D eigenvalue weighted by Crippen LogP contribution is 2.36. The van der Waals surface area contributed by atoms with E-state index in [0.29, 0.717) is 6.42 Å². The number of aliphatic hydroxyl groups is 1. The summed E-state index contributed by atoms with van der Waals surface area (Å²) in [5.41, 5.74) is 4.31. The van der Waals surface area contributed by atoms with E-state index >= 15 is 0 Å². The number of hydrogen-bond acceptors (Lipinski definition) is 3. The first-order valence-corrected chi connectivity index (χ1v) is 8.47. The quantitative estimate of drug-likeness (QED) is 0.733. The van der Waals surface area contributed by atoms with E-state index in [1.807, 2.05) is 36.4 Å². The Kier molecular flexibility index (Phi) is 5.36. The predicted octanol–water partition coefficient (Wildman–Crippen LogP) is 4.41. The Hall–Kier alpha value is -2.78. The molecule has 3 nitrogen and oxygen atoms in total. The molecule has 0 saturated heterocycles. The molecule has 0 aromatic heterocycles. The SMILES string of the molecule is OCCCC(=C(c1ccc(O)cc1)c1ccc(O)cc1)C1C=CC=C1. The van der Waals surface area contributed by atoms with Gasteiger partial charge in [-0.05, 0) is 53.8 Å². The van der Waals surface area contributed by atoms with E-state index in [0.717, 1.165) is 23.1 Å². The number of benzene rings is 2. The van der Waals surface area contributed by atoms with E-state index in [9.17, 15) is 15.3 Å². The lowest BCUT2D eigenvalue weighted by Gasteiger charge is -2.20. The number of aromatic hydroxyl groups is 2. The molecular weight excluding hydrogens is 312 g/mol. The van der Waals surface area contributed by atoms with Crippen LogP contribution in [-0.2, 0) is 0 Å². The molecule has 0 atom stereocenters. The Bertz CT molecular complexity index is 737. The minimum absolute atomic E-state index is 0.141. The lowest BCUT2D eigenvalue weighted by molar-refractivity contribution is 0.288. The summed E-state index contributed by atoms with van der Waals surface area (Å²) < 4.78 is 0. The van der Waals surface area contributed by atoms with Crippen LogP contribution in [-0.4, -0.2) is 21.9 Å². The lowest BCUT2D eigenvalue weighted by Crippen LogP contribution is -2.04. The molecule has 3 N–H and O–H groups in total. The van der Waals surface area contributed by atoms with Crippen molar-refractivity contribution >= 4 is 5.57 Å². The van der Waals surface area contributed by atoms with E-state index in [1.54, 1.807) is 24.3 Å². The molecule has 0 fully saturated rings. The third-order valence-electron chi connectivity index (χ3n) is 4.39. The first-order valence-electron chi connectivity index (χ1n) is 8.47. The lowest BCUT2D eigenvalue weighted by atomic mass is 9.84. The Morgan fingerprint density at radius 2 is 1.24 bits per heavy atom. The fourth-order valence-corrected chi connectivity index (χ4v) is 3.19. The van der Waals surface area contributed by atoms with Gasteiger partial charge in [-0.25, -0.2) is 0 Å². The first kappa shape index (κ1) is 17.1. The molecule has 1 aliphatic carbocycles. The maximum absolute atomic E-state index is 9.63. The average molecular weight is 334 g/mol. The number of phenols is 2. The van der Waals surface area contributed by atoms with Crippen LogP contribution < -0.4 is 0 Å². The summed E-state index contributed by atoms with van der Waals surface area (Å²) >= 11 is 0. The molecule has 2 aromatic rings. The van der Waals surface area contributed by atoms with Crippen molar-refractivity contribution < 1.29 is 15.3 Å². The van der Waals surface area contributed by atoms with Crippen LogP contribution in [0.5, 0.6) is 11.5 Å². The molecule has 0 heterocycles. The zero-order chi connectivity index (χ0) is 17.6.